The fraction of sp³-hybridized carbons (Fsp3) is 0.176. The Morgan fingerprint density at radius 2 is 1.78 bits per heavy atom. The molecule has 0 aliphatic rings. The Balaban J connectivity index is 1.84. The molecule has 2 rings (SSSR count). The molecule has 0 saturated heterocycles. The van der Waals surface area contributed by atoms with Crippen LogP contribution in [0.15, 0.2) is 48.5 Å². The summed E-state index contributed by atoms with van der Waals surface area (Å²) in [6.07, 6.45) is 0. The molecule has 1 amide bonds. The molecule has 0 aromatic heterocycles. The van der Waals surface area contributed by atoms with Gasteiger partial charge in [-0.05, 0) is 18.2 Å². The van der Waals surface area contributed by atoms with Gasteiger partial charge in [0, 0.05) is 12.1 Å². The van der Waals surface area contributed by atoms with Crippen LogP contribution in [0.2, 0.25) is 5.02 Å². The number of nitrogens with one attached hydrogen (secondary N) is 1. The summed E-state index contributed by atoms with van der Waals surface area (Å²) in [4.78, 5) is 23.6. The molecule has 0 atom stereocenters. The maximum Gasteiger partial charge on any atom is 0.340 e. The first-order valence-electron chi connectivity index (χ1n) is 6.92. The van der Waals surface area contributed by atoms with Crippen LogP contribution in [0.5, 0.6) is 5.75 Å². The number of benzene rings is 2. The Labute approximate surface area is 139 Å². The van der Waals surface area contributed by atoms with Crippen LogP contribution in [0.4, 0.5) is 0 Å². The predicted molar refractivity (Wildman–Crippen MR) is 86.6 cm³/mol. The zero-order valence-corrected chi connectivity index (χ0v) is 13.3. The van der Waals surface area contributed by atoms with E-state index in [1.165, 1.54) is 6.07 Å². The number of ether oxygens (including phenoxy) is 2. The van der Waals surface area contributed by atoms with Crippen molar-refractivity contribution in [2.45, 2.75) is 6.54 Å². The highest BCUT2D eigenvalue weighted by Crippen LogP contribution is 2.17. The van der Waals surface area contributed by atoms with Gasteiger partial charge in [0.25, 0.3) is 5.91 Å². The van der Waals surface area contributed by atoms with E-state index in [0.29, 0.717) is 5.75 Å². The summed E-state index contributed by atoms with van der Waals surface area (Å²) in [6.45, 7) is -0.0916. The highest BCUT2D eigenvalue weighted by atomic mass is 35.5. The van der Waals surface area contributed by atoms with Crippen molar-refractivity contribution < 1.29 is 19.1 Å². The van der Waals surface area contributed by atoms with E-state index in [-0.39, 0.29) is 23.7 Å². The lowest BCUT2D eigenvalue weighted by molar-refractivity contribution is -0.124. The molecule has 0 aliphatic carbocycles. The zero-order chi connectivity index (χ0) is 16.7. The predicted octanol–water partition coefficient (Wildman–Crippen LogP) is 2.82. The average Bonchev–Trinajstić information content (AvgIpc) is 2.58. The number of amides is 1. The SMILES string of the molecule is COc1ccccc1CNC(=O)COC(=O)c1ccccc1Cl. The number of hydrogen-bond acceptors (Lipinski definition) is 4. The van der Waals surface area contributed by atoms with E-state index >= 15 is 0 Å². The van der Waals surface area contributed by atoms with Crippen molar-refractivity contribution in [3.63, 3.8) is 0 Å². The van der Waals surface area contributed by atoms with Gasteiger partial charge in [0.15, 0.2) is 6.61 Å². The molecule has 23 heavy (non-hydrogen) atoms. The summed E-state index contributed by atoms with van der Waals surface area (Å²) < 4.78 is 10.1. The Kier molecular flexibility index (Phi) is 6.00. The Morgan fingerprint density at radius 1 is 1.09 bits per heavy atom. The normalized spacial score (nSPS) is 10.0. The van der Waals surface area contributed by atoms with E-state index in [9.17, 15) is 9.59 Å². The van der Waals surface area contributed by atoms with Gasteiger partial charge in [-0.2, -0.15) is 0 Å². The summed E-state index contributed by atoms with van der Waals surface area (Å²) >= 11 is 5.89. The van der Waals surface area contributed by atoms with Crippen LogP contribution in [0.1, 0.15) is 15.9 Å². The van der Waals surface area contributed by atoms with Crippen LogP contribution in [0.25, 0.3) is 0 Å². The van der Waals surface area contributed by atoms with Crippen LogP contribution in [0.3, 0.4) is 0 Å². The minimum Gasteiger partial charge on any atom is -0.496 e. The van der Waals surface area contributed by atoms with Gasteiger partial charge in [-0.3, -0.25) is 4.79 Å². The number of methoxy groups -OCH3 is 1. The molecular formula is C17H16ClNO4. The van der Waals surface area contributed by atoms with Gasteiger partial charge < -0.3 is 14.8 Å². The Morgan fingerprint density at radius 3 is 2.52 bits per heavy atom. The number of esters is 1. The molecule has 120 valence electrons. The van der Waals surface area contributed by atoms with E-state index < -0.39 is 11.9 Å². The summed E-state index contributed by atoms with van der Waals surface area (Å²) in [7, 11) is 1.56. The summed E-state index contributed by atoms with van der Waals surface area (Å²) in [6, 6.07) is 13.8. The van der Waals surface area contributed by atoms with Crippen molar-refractivity contribution in [3.05, 3.63) is 64.7 Å². The van der Waals surface area contributed by atoms with Crippen LogP contribution in [-0.4, -0.2) is 25.6 Å². The number of halogens is 1. The molecule has 0 heterocycles. The number of hydrogen-bond donors (Lipinski definition) is 1. The van der Waals surface area contributed by atoms with E-state index in [4.69, 9.17) is 21.1 Å². The third-order valence-corrected chi connectivity index (χ3v) is 3.43. The molecule has 5 nitrogen and oxygen atoms in total. The second-order valence-corrected chi connectivity index (χ2v) is 5.05. The third-order valence-electron chi connectivity index (χ3n) is 3.10. The topological polar surface area (TPSA) is 64.6 Å². The fourth-order valence-electron chi connectivity index (χ4n) is 1.93. The van der Waals surface area contributed by atoms with Gasteiger partial charge >= 0.3 is 5.97 Å². The molecule has 0 saturated carbocycles. The molecule has 0 unspecified atom stereocenters. The van der Waals surface area contributed by atoms with E-state index in [1.807, 2.05) is 18.2 Å². The molecule has 0 aliphatic heterocycles. The summed E-state index contributed by atoms with van der Waals surface area (Å²) in [5.74, 6) is -0.361. The standard InChI is InChI=1S/C17H16ClNO4/c1-22-15-9-5-2-6-12(15)10-19-16(20)11-23-17(21)13-7-3-4-8-14(13)18/h2-9H,10-11H2,1H3,(H,19,20). The molecule has 2 aromatic rings. The molecule has 0 bridgehead atoms. The number of rotatable bonds is 6. The quantitative estimate of drug-likeness (QED) is 0.826. The van der Waals surface area contributed by atoms with Crippen LogP contribution < -0.4 is 10.1 Å². The van der Waals surface area contributed by atoms with E-state index in [0.717, 1.165) is 5.56 Å². The van der Waals surface area contributed by atoms with Gasteiger partial charge in [0.05, 0.1) is 17.7 Å². The summed E-state index contributed by atoms with van der Waals surface area (Å²) in [5.41, 5.74) is 1.06. The van der Waals surface area contributed by atoms with Crippen LogP contribution >= 0.6 is 11.6 Å². The molecule has 0 fully saturated rings. The van der Waals surface area contributed by atoms with E-state index in [2.05, 4.69) is 5.32 Å². The lowest BCUT2D eigenvalue weighted by Crippen LogP contribution is -2.28. The minimum absolute atomic E-state index is 0.228. The molecule has 2 aromatic carbocycles. The summed E-state index contributed by atoms with van der Waals surface area (Å²) in [5, 5.41) is 2.95. The van der Waals surface area contributed by atoms with Gasteiger partial charge in [-0.15, -0.1) is 0 Å². The fourth-order valence-corrected chi connectivity index (χ4v) is 2.14. The Bertz CT molecular complexity index is 702. The van der Waals surface area contributed by atoms with E-state index in [1.54, 1.807) is 31.4 Å². The average molecular weight is 334 g/mol. The van der Waals surface area contributed by atoms with Gasteiger partial charge in [0.2, 0.25) is 0 Å². The molecule has 6 heteroatoms. The third kappa shape index (κ3) is 4.72. The second kappa shape index (κ2) is 8.19. The maximum absolute atomic E-state index is 11.8. The largest absolute Gasteiger partial charge is 0.496 e. The number of para-hydroxylation sites is 1. The van der Waals surface area contributed by atoms with Crippen molar-refractivity contribution >= 4 is 23.5 Å². The maximum atomic E-state index is 11.8. The first-order chi connectivity index (χ1) is 11.1. The van der Waals surface area contributed by atoms with Crippen LogP contribution in [-0.2, 0) is 16.1 Å². The van der Waals surface area contributed by atoms with Gasteiger partial charge in [0.1, 0.15) is 5.75 Å². The van der Waals surface area contributed by atoms with Crippen molar-refractivity contribution in [1.29, 1.82) is 0 Å². The van der Waals surface area contributed by atoms with Gasteiger partial charge in [-0.25, -0.2) is 4.79 Å². The molecule has 0 radical (unpaired) electrons. The lowest BCUT2D eigenvalue weighted by Gasteiger charge is -2.10. The van der Waals surface area contributed by atoms with Crippen molar-refractivity contribution in [2.75, 3.05) is 13.7 Å². The number of carbonyl (C=O) groups is 2. The lowest BCUT2D eigenvalue weighted by atomic mass is 10.2. The second-order valence-electron chi connectivity index (χ2n) is 4.64. The number of carbonyl (C=O) groups excluding carboxylic acids is 2. The minimum atomic E-state index is -0.636. The van der Waals surface area contributed by atoms with Crippen molar-refractivity contribution in [2.24, 2.45) is 0 Å². The monoisotopic (exact) mass is 333 g/mol. The highest BCUT2D eigenvalue weighted by molar-refractivity contribution is 6.33. The van der Waals surface area contributed by atoms with Crippen molar-refractivity contribution in [3.8, 4) is 5.75 Å². The van der Waals surface area contributed by atoms with Crippen molar-refractivity contribution in [1.82, 2.24) is 5.32 Å². The Hall–Kier alpha value is -2.53. The molecular weight excluding hydrogens is 318 g/mol. The zero-order valence-electron chi connectivity index (χ0n) is 12.5. The first-order valence-corrected chi connectivity index (χ1v) is 7.30. The van der Waals surface area contributed by atoms with Gasteiger partial charge in [-0.1, -0.05) is 41.9 Å². The van der Waals surface area contributed by atoms with Crippen LogP contribution in [0, 0.1) is 0 Å². The smallest absolute Gasteiger partial charge is 0.340 e. The first kappa shape index (κ1) is 16.8. The highest BCUT2D eigenvalue weighted by Gasteiger charge is 2.13. The molecule has 0 spiro atoms. The molecule has 1 N–H and O–H groups in total.